The summed E-state index contributed by atoms with van der Waals surface area (Å²) in [6.07, 6.45) is 1.81. The monoisotopic (exact) mass is 497 g/mol. The summed E-state index contributed by atoms with van der Waals surface area (Å²) in [5.41, 5.74) is 8.00. The first-order valence-electron chi connectivity index (χ1n) is 11.3. The second-order valence-corrected chi connectivity index (χ2v) is 8.83. The maximum Gasteiger partial charge on any atom is 0.405 e. The number of nitrogens with one attached hydrogen (secondary N) is 2. The first kappa shape index (κ1) is 25.2. The van der Waals surface area contributed by atoms with E-state index in [0.29, 0.717) is 29.1 Å². The van der Waals surface area contributed by atoms with Crippen LogP contribution in [-0.4, -0.2) is 33.6 Å². The van der Waals surface area contributed by atoms with Gasteiger partial charge in [0.05, 0.1) is 6.20 Å². The highest BCUT2D eigenvalue weighted by atomic mass is 19.4. The van der Waals surface area contributed by atoms with Gasteiger partial charge in [-0.3, -0.25) is 9.78 Å². The molecule has 1 amide bonds. The maximum absolute atomic E-state index is 12.8. The van der Waals surface area contributed by atoms with E-state index in [-0.39, 0.29) is 0 Å². The number of alkyl halides is 3. The highest BCUT2D eigenvalue weighted by Crippen LogP contribution is 2.34. The lowest BCUT2D eigenvalue weighted by atomic mass is 9.80. The number of hydrogen-bond acceptors (Lipinski definition) is 5. The number of H-pyrrole nitrogens is 1. The zero-order valence-electron chi connectivity index (χ0n) is 19.8. The second kappa shape index (κ2) is 9.98. The molecule has 10 heteroatoms. The zero-order valence-corrected chi connectivity index (χ0v) is 19.8. The summed E-state index contributed by atoms with van der Waals surface area (Å²) in [6.45, 7) is 2.25. The summed E-state index contributed by atoms with van der Waals surface area (Å²) in [5, 5.41) is 2.67. The normalized spacial score (nSPS) is 13.5. The van der Waals surface area contributed by atoms with Crippen LogP contribution in [0.3, 0.4) is 0 Å². The molecule has 0 aliphatic heterocycles. The minimum Gasteiger partial charge on any atom is -0.487 e. The van der Waals surface area contributed by atoms with Crippen molar-refractivity contribution >= 4 is 16.9 Å². The number of nitrogens with two attached hydrogens (primary N) is 1. The molecule has 0 saturated heterocycles. The number of pyridine rings is 2. The van der Waals surface area contributed by atoms with E-state index in [0.717, 1.165) is 16.5 Å². The zero-order chi connectivity index (χ0) is 25.9. The van der Waals surface area contributed by atoms with Crippen LogP contribution in [0, 0.1) is 5.92 Å². The van der Waals surface area contributed by atoms with E-state index in [9.17, 15) is 18.0 Å². The number of hydrogen-bond donors (Lipinski definition) is 3. The lowest BCUT2D eigenvalue weighted by Crippen LogP contribution is -2.56. The number of ether oxygens (including phenoxy) is 1. The van der Waals surface area contributed by atoms with Gasteiger partial charge in [0.25, 0.3) is 0 Å². The molecule has 1 atom stereocenters. The van der Waals surface area contributed by atoms with Crippen LogP contribution in [0.1, 0.15) is 25.0 Å². The Balaban J connectivity index is 1.65. The van der Waals surface area contributed by atoms with Gasteiger partial charge in [0.15, 0.2) is 0 Å². The van der Waals surface area contributed by atoms with Gasteiger partial charge >= 0.3 is 6.18 Å². The molecular formula is C26H26F3N5O2. The molecule has 0 bridgehead atoms. The van der Waals surface area contributed by atoms with Gasteiger partial charge in [0.2, 0.25) is 5.91 Å². The van der Waals surface area contributed by atoms with E-state index in [1.54, 1.807) is 38.5 Å². The number of fused-ring (bicyclic) bond motifs is 1. The summed E-state index contributed by atoms with van der Waals surface area (Å²) in [7, 11) is 0. The van der Waals surface area contributed by atoms with Gasteiger partial charge in [-0.1, -0.05) is 44.2 Å². The lowest BCUT2D eigenvalue weighted by molar-refractivity contribution is -0.143. The number of aromatic nitrogens is 3. The van der Waals surface area contributed by atoms with Gasteiger partial charge in [-0.2, -0.15) is 13.2 Å². The van der Waals surface area contributed by atoms with Crippen LogP contribution in [0.25, 0.3) is 22.2 Å². The highest BCUT2D eigenvalue weighted by Gasteiger charge is 2.41. The third-order valence-electron chi connectivity index (χ3n) is 6.02. The Labute approximate surface area is 205 Å². The van der Waals surface area contributed by atoms with E-state index in [2.05, 4.69) is 15.0 Å². The van der Waals surface area contributed by atoms with Crippen LogP contribution in [0.2, 0.25) is 0 Å². The lowest BCUT2D eigenvalue weighted by Gasteiger charge is -2.32. The Morgan fingerprint density at radius 1 is 1.14 bits per heavy atom. The molecular weight excluding hydrogens is 471 g/mol. The van der Waals surface area contributed by atoms with Crippen molar-refractivity contribution in [3.05, 3.63) is 78.4 Å². The number of aromatic amines is 1. The summed E-state index contributed by atoms with van der Waals surface area (Å²) < 4.78 is 44.0. The predicted molar refractivity (Wildman–Crippen MR) is 130 cm³/mol. The third kappa shape index (κ3) is 5.33. The van der Waals surface area contributed by atoms with Gasteiger partial charge in [-0.05, 0) is 23.6 Å². The Morgan fingerprint density at radius 3 is 2.58 bits per heavy atom. The molecule has 0 aliphatic carbocycles. The molecule has 188 valence electrons. The van der Waals surface area contributed by atoms with Crippen molar-refractivity contribution in [2.45, 2.75) is 32.2 Å². The van der Waals surface area contributed by atoms with Crippen LogP contribution >= 0.6 is 0 Å². The standard InChI is InChI=1S/C26H26F3N5O2/c1-16(2)26(30,24(35)34-15-25(27,28)29)19-8-18(10-31-11-19)22-13-33-23-21(22)9-20(12-32-23)36-14-17-6-4-3-5-7-17/h3-13,16H,14-15,30H2,1-2H3,(H,32,33)(H,34,35). The van der Waals surface area contributed by atoms with E-state index >= 15 is 0 Å². The van der Waals surface area contributed by atoms with Crippen molar-refractivity contribution in [1.82, 2.24) is 20.3 Å². The van der Waals surface area contributed by atoms with E-state index in [1.807, 2.05) is 41.7 Å². The molecule has 3 heterocycles. The van der Waals surface area contributed by atoms with Gasteiger partial charge in [0, 0.05) is 40.7 Å². The van der Waals surface area contributed by atoms with Crippen LogP contribution in [0.4, 0.5) is 13.2 Å². The minimum atomic E-state index is -4.55. The molecule has 0 aliphatic rings. The number of carbonyl (C=O) groups excluding carboxylic acids is 1. The molecule has 36 heavy (non-hydrogen) atoms. The molecule has 1 unspecified atom stereocenters. The molecule has 0 fully saturated rings. The Bertz CT molecular complexity index is 1350. The van der Waals surface area contributed by atoms with Gasteiger partial charge in [-0.15, -0.1) is 0 Å². The van der Waals surface area contributed by atoms with Crippen molar-refractivity contribution in [3.63, 3.8) is 0 Å². The Morgan fingerprint density at radius 2 is 1.89 bits per heavy atom. The Hall–Kier alpha value is -3.92. The molecule has 4 aromatic rings. The van der Waals surface area contributed by atoms with Crippen molar-refractivity contribution < 1.29 is 22.7 Å². The molecule has 0 spiro atoms. The molecule has 0 saturated carbocycles. The Kier molecular flexibility index (Phi) is 6.98. The van der Waals surface area contributed by atoms with Gasteiger partial charge in [-0.25, -0.2) is 4.98 Å². The number of rotatable bonds is 8. The van der Waals surface area contributed by atoms with Crippen LogP contribution < -0.4 is 15.8 Å². The van der Waals surface area contributed by atoms with Crippen LogP contribution in [0.15, 0.2) is 67.3 Å². The van der Waals surface area contributed by atoms with Gasteiger partial charge in [0.1, 0.15) is 30.1 Å². The minimum absolute atomic E-state index is 0.300. The average molecular weight is 498 g/mol. The highest BCUT2D eigenvalue weighted by molar-refractivity contribution is 5.95. The quantitative estimate of drug-likeness (QED) is 0.328. The molecule has 7 nitrogen and oxygen atoms in total. The SMILES string of the molecule is CC(C)C(N)(C(=O)NCC(F)(F)F)c1cncc(-c2c[nH]c3ncc(OCc4ccccc4)cc23)c1. The molecule has 3 aromatic heterocycles. The number of benzene rings is 1. The summed E-state index contributed by atoms with van der Waals surface area (Å²) >= 11 is 0. The first-order valence-corrected chi connectivity index (χ1v) is 11.3. The predicted octanol–water partition coefficient (Wildman–Crippen LogP) is 4.69. The fraction of sp³-hybridized carbons (Fsp3) is 0.269. The van der Waals surface area contributed by atoms with Crippen LogP contribution in [-0.2, 0) is 16.9 Å². The number of halogens is 3. The number of nitrogens with zero attached hydrogens (tertiary/aromatic N) is 2. The summed E-state index contributed by atoms with van der Waals surface area (Å²) in [4.78, 5) is 24.6. The van der Waals surface area contributed by atoms with Crippen molar-refractivity contribution in [2.24, 2.45) is 11.7 Å². The van der Waals surface area contributed by atoms with Crippen LogP contribution in [0.5, 0.6) is 5.75 Å². The molecule has 4 N–H and O–H groups in total. The smallest absolute Gasteiger partial charge is 0.405 e. The number of carbonyl (C=O) groups is 1. The second-order valence-electron chi connectivity index (χ2n) is 8.83. The maximum atomic E-state index is 12.8. The first-order chi connectivity index (χ1) is 17.1. The van der Waals surface area contributed by atoms with E-state index < -0.39 is 30.1 Å². The van der Waals surface area contributed by atoms with Crippen molar-refractivity contribution in [3.8, 4) is 16.9 Å². The van der Waals surface area contributed by atoms with Crippen molar-refractivity contribution in [1.29, 1.82) is 0 Å². The molecule has 4 rings (SSSR count). The van der Waals surface area contributed by atoms with Gasteiger partial charge < -0.3 is 20.8 Å². The number of amides is 1. The fourth-order valence-electron chi connectivity index (χ4n) is 3.91. The fourth-order valence-corrected chi connectivity index (χ4v) is 3.91. The summed E-state index contributed by atoms with van der Waals surface area (Å²) in [6, 6.07) is 13.2. The van der Waals surface area contributed by atoms with Crippen molar-refractivity contribution in [2.75, 3.05) is 6.54 Å². The summed E-state index contributed by atoms with van der Waals surface area (Å²) in [5.74, 6) is -0.866. The van der Waals surface area contributed by atoms with E-state index in [4.69, 9.17) is 10.5 Å². The largest absolute Gasteiger partial charge is 0.487 e. The third-order valence-corrected chi connectivity index (χ3v) is 6.02. The topological polar surface area (TPSA) is 106 Å². The van der Waals surface area contributed by atoms with E-state index in [1.165, 1.54) is 6.20 Å². The average Bonchev–Trinajstić information content (AvgIpc) is 3.29. The molecule has 0 radical (unpaired) electrons. The molecule has 1 aromatic carbocycles.